The number of allylic oxidation sites excluding steroid dienone is 2. The maximum absolute atomic E-state index is 6.41. The smallest absolute Gasteiger partial charge is 0.135 e. The summed E-state index contributed by atoms with van der Waals surface area (Å²) in [5.41, 5.74) is 16.7. The lowest BCUT2D eigenvalue weighted by molar-refractivity contribution is 0.669. The lowest BCUT2D eigenvalue weighted by Gasteiger charge is -2.30. The van der Waals surface area contributed by atoms with E-state index in [1.165, 1.54) is 44.6 Å². The average molecular weight is 718 g/mol. The highest BCUT2D eigenvalue weighted by molar-refractivity contribution is 6.08. The number of hydrogen-bond acceptors (Lipinski definition) is 4. The van der Waals surface area contributed by atoms with Crippen molar-refractivity contribution < 1.29 is 4.42 Å². The monoisotopic (exact) mass is 717 g/mol. The number of pyridine rings is 2. The molecular weight excluding hydrogens is 683 g/mol. The molecule has 1 aliphatic heterocycles. The number of nitrogens with zero attached hydrogens (tertiary/aromatic N) is 3. The molecule has 0 fully saturated rings. The second-order valence-corrected chi connectivity index (χ2v) is 14.5. The molecule has 11 rings (SSSR count). The number of furan rings is 1. The van der Waals surface area contributed by atoms with E-state index in [0.717, 1.165) is 50.1 Å². The van der Waals surface area contributed by atoms with Crippen LogP contribution in [-0.4, -0.2) is 16.0 Å². The topological polar surface area (TPSA) is 42.2 Å². The Kier molecular flexibility index (Phi) is 7.59. The molecule has 4 heteroatoms. The fourth-order valence-electron chi connectivity index (χ4n) is 8.74. The Morgan fingerprint density at radius 2 is 1.11 bits per heavy atom. The van der Waals surface area contributed by atoms with E-state index in [0.29, 0.717) is 0 Å². The normalized spacial score (nSPS) is 15.9. The number of fused-ring (bicyclic) bond motifs is 6. The van der Waals surface area contributed by atoms with Crippen LogP contribution in [0.25, 0.3) is 72.3 Å². The largest absolute Gasteiger partial charge is 0.456 e. The van der Waals surface area contributed by atoms with Gasteiger partial charge < -0.3 is 9.32 Å². The van der Waals surface area contributed by atoms with Crippen LogP contribution in [0.3, 0.4) is 0 Å². The van der Waals surface area contributed by atoms with Gasteiger partial charge in [0.05, 0.1) is 17.4 Å². The van der Waals surface area contributed by atoms with Crippen LogP contribution in [0.15, 0.2) is 205 Å². The van der Waals surface area contributed by atoms with Crippen LogP contribution in [0.4, 0.5) is 11.4 Å². The van der Waals surface area contributed by atoms with Gasteiger partial charge in [-0.1, -0.05) is 121 Å². The third-order valence-electron chi connectivity index (χ3n) is 11.3. The summed E-state index contributed by atoms with van der Waals surface area (Å²) in [6, 6.07) is 60.2. The minimum absolute atomic E-state index is 0.0764. The van der Waals surface area contributed by atoms with Gasteiger partial charge in [0.15, 0.2) is 0 Å². The van der Waals surface area contributed by atoms with Crippen LogP contribution in [0.1, 0.15) is 17.0 Å². The molecule has 264 valence electrons. The molecule has 2 unspecified atom stereocenters. The molecule has 4 nitrogen and oxygen atoms in total. The predicted octanol–water partition coefficient (Wildman–Crippen LogP) is 13.3. The fourth-order valence-corrected chi connectivity index (χ4v) is 8.74. The first kappa shape index (κ1) is 32.2. The zero-order valence-corrected chi connectivity index (χ0v) is 30.5. The van der Waals surface area contributed by atoms with Gasteiger partial charge in [-0.3, -0.25) is 9.97 Å². The van der Waals surface area contributed by atoms with Gasteiger partial charge in [-0.25, -0.2) is 0 Å². The van der Waals surface area contributed by atoms with E-state index in [4.69, 9.17) is 14.4 Å². The molecule has 0 spiro atoms. The zero-order valence-electron chi connectivity index (χ0n) is 30.5. The molecule has 6 aromatic carbocycles. The molecule has 0 radical (unpaired) electrons. The second-order valence-electron chi connectivity index (χ2n) is 14.5. The van der Waals surface area contributed by atoms with E-state index < -0.39 is 0 Å². The molecule has 9 aromatic rings. The summed E-state index contributed by atoms with van der Waals surface area (Å²) >= 11 is 0. The van der Waals surface area contributed by atoms with Gasteiger partial charge in [0.1, 0.15) is 11.2 Å². The van der Waals surface area contributed by atoms with Crippen molar-refractivity contribution in [2.24, 2.45) is 0 Å². The lowest BCUT2D eigenvalue weighted by Crippen LogP contribution is -2.28. The van der Waals surface area contributed by atoms with Gasteiger partial charge in [0.2, 0.25) is 0 Å². The molecule has 56 heavy (non-hydrogen) atoms. The molecule has 0 saturated carbocycles. The van der Waals surface area contributed by atoms with Crippen molar-refractivity contribution in [1.82, 2.24) is 9.97 Å². The summed E-state index contributed by atoms with van der Waals surface area (Å²) in [6.07, 6.45) is 10.9. The van der Waals surface area contributed by atoms with Crippen molar-refractivity contribution in [2.75, 3.05) is 4.90 Å². The minimum Gasteiger partial charge on any atom is -0.456 e. The van der Waals surface area contributed by atoms with Crippen molar-refractivity contribution in [2.45, 2.75) is 12.0 Å². The van der Waals surface area contributed by atoms with Gasteiger partial charge in [-0.05, 0) is 106 Å². The van der Waals surface area contributed by atoms with E-state index in [-0.39, 0.29) is 12.0 Å². The number of benzene rings is 6. The van der Waals surface area contributed by atoms with E-state index >= 15 is 0 Å². The minimum atomic E-state index is 0.0764. The summed E-state index contributed by atoms with van der Waals surface area (Å²) in [6.45, 7) is 0. The van der Waals surface area contributed by atoms with Crippen molar-refractivity contribution >= 4 is 38.9 Å². The second kappa shape index (κ2) is 13.2. The molecule has 0 amide bonds. The molecule has 2 atom stereocenters. The number of rotatable bonds is 6. The predicted molar refractivity (Wildman–Crippen MR) is 230 cm³/mol. The van der Waals surface area contributed by atoms with E-state index in [1.54, 1.807) is 0 Å². The van der Waals surface area contributed by atoms with Gasteiger partial charge in [-0.2, -0.15) is 0 Å². The van der Waals surface area contributed by atoms with Gasteiger partial charge in [-0.15, -0.1) is 0 Å². The molecule has 4 heterocycles. The average Bonchev–Trinajstić information content (AvgIpc) is 3.81. The third-order valence-corrected chi connectivity index (χ3v) is 11.3. The summed E-state index contributed by atoms with van der Waals surface area (Å²) in [4.78, 5) is 12.0. The standard InChI is InChI=1S/C52H35N3O/c1-2-12-34(13-3-1)35-22-26-51-45(30-35)46-33-38(23-27-52(46)56-51)55-49-24-20-36(39-14-4-6-16-41(39)47-18-8-10-28-53-47)31-43(49)44-32-37(21-25-50(44)55)40-15-5-7-17-42(40)48-19-9-11-29-54-48/h1-33,43,49H. The van der Waals surface area contributed by atoms with Crippen molar-refractivity contribution in [3.05, 3.63) is 212 Å². The molecular formula is C52H35N3O. The summed E-state index contributed by atoms with van der Waals surface area (Å²) in [5.74, 6) is 0.102. The molecule has 0 saturated heterocycles. The number of hydrogen-bond donors (Lipinski definition) is 0. The van der Waals surface area contributed by atoms with Crippen molar-refractivity contribution in [3.8, 4) is 44.8 Å². The van der Waals surface area contributed by atoms with Crippen LogP contribution in [0.5, 0.6) is 0 Å². The van der Waals surface area contributed by atoms with Crippen LogP contribution < -0.4 is 4.90 Å². The number of aromatic nitrogens is 2. The van der Waals surface area contributed by atoms with Gasteiger partial charge in [0, 0.05) is 51.6 Å². The first-order valence-electron chi connectivity index (χ1n) is 19.1. The van der Waals surface area contributed by atoms with Crippen LogP contribution >= 0.6 is 0 Å². The molecule has 0 bridgehead atoms. The quantitative estimate of drug-likeness (QED) is 0.172. The third kappa shape index (κ3) is 5.38. The first-order valence-corrected chi connectivity index (χ1v) is 19.1. The fraction of sp³-hybridized carbons (Fsp3) is 0.0385. The Morgan fingerprint density at radius 1 is 0.482 bits per heavy atom. The lowest BCUT2D eigenvalue weighted by atomic mass is 9.84. The highest BCUT2D eigenvalue weighted by Crippen LogP contribution is 2.52. The Balaban J connectivity index is 1.07. The molecule has 1 aliphatic carbocycles. The zero-order chi connectivity index (χ0) is 37.0. The Bertz CT molecular complexity index is 2980. The van der Waals surface area contributed by atoms with Crippen molar-refractivity contribution in [3.63, 3.8) is 0 Å². The maximum Gasteiger partial charge on any atom is 0.135 e. The number of anilines is 2. The Hall–Kier alpha value is -7.30. The van der Waals surface area contributed by atoms with Gasteiger partial charge in [0.25, 0.3) is 0 Å². The molecule has 3 aromatic heterocycles. The summed E-state index contributed by atoms with van der Waals surface area (Å²) in [5, 5.41) is 2.23. The van der Waals surface area contributed by atoms with E-state index in [9.17, 15) is 0 Å². The van der Waals surface area contributed by atoms with E-state index in [2.05, 4.69) is 181 Å². The summed E-state index contributed by atoms with van der Waals surface area (Å²) < 4.78 is 6.41. The maximum atomic E-state index is 6.41. The van der Waals surface area contributed by atoms with E-state index in [1.807, 2.05) is 24.5 Å². The van der Waals surface area contributed by atoms with Crippen LogP contribution in [0.2, 0.25) is 0 Å². The Morgan fingerprint density at radius 3 is 1.84 bits per heavy atom. The van der Waals surface area contributed by atoms with Crippen LogP contribution in [0, 0.1) is 0 Å². The summed E-state index contributed by atoms with van der Waals surface area (Å²) in [7, 11) is 0. The Labute approximate surface area is 325 Å². The SMILES string of the molecule is C1=CC2C(C=C1c1ccccc1-c1ccccn1)c1cc(-c3ccccc3-c3ccccn3)ccc1N2c1ccc2oc3ccc(-c4ccccc4)cc3c2c1. The van der Waals surface area contributed by atoms with Gasteiger partial charge >= 0.3 is 0 Å². The van der Waals surface area contributed by atoms with Crippen molar-refractivity contribution in [1.29, 1.82) is 0 Å². The molecule has 2 aliphatic rings. The highest BCUT2D eigenvalue weighted by Gasteiger charge is 2.39. The highest BCUT2D eigenvalue weighted by atomic mass is 16.3. The molecule has 0 N–H and O–H groups in total. The van der Waals surface area contributed by atoms with Crippen LogP contribution in [-0.2, 0) is 0 Å². The first-order chi connectivity index (χ1) is 27.8.